The van der Waals surface area contributed by atoms with Gasteiger partial charge in [-0.1, -0.05) is 13.3 Å². The summed E-state index contributed by atoms with van der Waals surface area (Å²) in [5, 5.41) is 3.58. The van der Waals surface area contributed by atoms with Gasteiger partial charge in [-0.15, -0.1) is 0 Å². The van der Waals surface area contributed by atoms with Gasteiger partial charge in [-0.05, 0) is 68.7 Å². The van der Waals surface area contributed by atoms with Gasteiger partial charge in [0.15, 0.2) is 0 Å². The Morgan fingerprint density at radius 2 is 2.26 bits per heavy atom. The average molecular weight is 283 g/mol. The number of rotatable bonds is 4. The predicted octanol–water partition coefficient (Wildman–Crippen LogP) is 3.31. The molecule has 4 atom stereocenters. The molecule has 4 unspecified atom stereocenters. The first-order valence-electron chi connectivity index (χ1n) is 8.25. The Bertz CT molecular complexity index is 290. The minimum Gasteiger partial charge on any atom is -0.374 e. The Morgan fingerprint density at radius 3 is 3.05 bits per heavy atom. The summed E-state index contributed by atoms with van der Waals surface area (Å²) in [5.41, 5.74) is 0.277. The van der Waals surface area contributed by atoms with Gasteiger partial charge in [0.2, 0.25) is 0 Å². The fraction of sp³-hybridized carbons (Fsp3) is 1.00. The van der Waals surface area contributed by atoms with E-state index >= 15 is 0 Å². The molecule has 3 aliphatic rings. The monoisotopic (exact) mass is 283 g/mol. The topological polar surface area (TPSA) is 21.3 Å². The van der Waals surface area contributed by atoms with E-state index in [0.29, 0.717) is 0 Å². The molecule has 2 aliphatic heterocycles. The maximum absolute atomic E-state index is 6.20. The van der Waals surface area contributed by atoms with Crippen LogP contribution in [0.5, 0.6) is 0 Å². The van der Waals surface area contributed by atoms with E-state index in [4.69, 9.17) is 4.74 Å². The van der Waals surface area contributed by atoms with Crippen molar-refractivity contribution in [2.75, 3.05) is 31.2 Å². The summed E-state index contributed by atoms with van der Waals surface area (Å²) < 4.78 is 6.20. The summed E-state index contributed by atoms with van der Waals surface area (Å²) in [6.07, 6.45) is 8.37. The SMILES string of the molecule is CCNCC1CCCC1C1CCOC2(CCSC2)C1. The van der Waals surface area contributed by atoms with Crippen molar-refractivity contribution in [3.63, 3.8) is 0 Å². The van der Waals surface area contributed by atoms with Gasteiger partial charge in [-0.2, -0.15) is 11.8 Å². The third kappa shape index (κ3) is 3.14. The van der Waals surface area contributed by atoms with Crippen molar-refractivity contribution in [3.05, 3.63) is 0 Å². The van der Waals surface area contributed by atoms with Crippen molar-refractivity contribution in [2.45, 2.75) is 51.0 Å². The summed E-state index contributed by atoms with van der Waals surface area (Å²) >= 11 is 2.10. The molecule has 1 spiro atoms. The predicted molar refractivity (Wildman–Crippen MR) is 82.7 cm³/mol. The minimum atomic E-state index is 0.277. The Balaban J connectivity index is 1.60. The van der Waals surface area contributed by atoms with Crippen molar-refractivity contribution in [1.82, 2.24) is 5.32 Å². The molecule has 110 valence electrons. The van der Waals surface area contributed by atoms with Crippen LogP contribution in [0, 0.1) is 17.8 Å². The van der Waals surface area contributed by atoms with Crippen LogP contribution in [-0.2, 0) is 4.74 Å². The molecule has 1 aliphatic carbocycles. The molecule has 0 aromatic heterocycles. The normalized spacial score (nSPS) is 43.1. The second kappa shape index (κ2) is 6.36. The van der Waals surface area contributed by atoms with E-state index in [2.05, 4.69) is 24.0 Å². The molecule has 3 fully saturated rings. The van der Waals surface area contributed by atoms with E-state index in [1.807, 2.05) is 0 Å². The molecular formula is C16H29NOS. The van der Waals surface area contributed by atoms with Gasteiger partial charge in [-0.25, -0.2) is 0 Å². The molecule has 0 aromatic rings. The van der Waals surface area contributed by atoms with E-state index in [1.54, 1.807) is 0 Å². The highest BCUT2D eigenvalue weighted by Crippen LogP contribution is 2.47. The van der Waals surface area contributed by atoms with Crippen molar-refractivity contribution in [2.24, 2.45) is 17.8 Å². The molecule has 2 saturated heterocycles. The molecule has 1 saturated carbocycles. The van der Waals surface area contributed by atoms with E-state index in [1.165, 1.54) is 56.6 Å². The Labute approximate surface area is 122 Å². The van der Waals surface area contributed by atoms with E-state index in [0.717, 1.165) is 30.9 Å². The highest BCUT2D eigenvalue weighted by molar-refractivity contribution is 7.99. The summed E-state index contributed by atoms with van der Waals surface area (Å²) in [4.78, 5) is 0. The van der Waals surface area contributed by atoms with Gasteiger partial charge in [0, 0.05) is 12.4 Å². The van der Waals surface area contributed by atoms with Crippen LogP contribution in [0.2, 0.25) is 0 Å². The van der Waals surface area contributed by atoms with Gasteiger partial charge in [-0.3, -0.25) is 0 Å². The zero-order chi connectivity index (χ0) is 13.1. The first-order chi connectivity index (χ1) is 9.33. The van der Waals surface area contributed by atoms with Crippen molar-refractivity contribution in [1.29, 1.82) is 0 Å². The molecular weight excluding hydrogens is 254 g/mol. The smallest absolute Gasteiger partial charge is 0.0783 e. The Morgan fingerprint density at radius 1 is 1.32 bits per heavy atom. The lowest BCUT2D eigenvalue weighted by atomic mass is 9.74. The lowest BCUT2D eigenvalue weighted by molar-refractivity contribution is -0.0918. The van der Waals surface area contributed by atoms with Gasteiger partial charge in [0.25, 0.3) is 0 Å². The van der Waals surface area contributed by atoms with Crippen LogP contribution in [-0.4, -0.2) is 36.8 Å². The first-order valence-corrected chi connectivity index (χ1v) is 9.41. The molecule has 0 radical (unpaired) electrons. The number of ether oxygens (including phenoxy) is 1. The van der Waals surface area contributed by atoms with Crippen LogP contribution < -0.4 is 5.32 Å². The van der Waals surface area contributed by atoms with Crippen molar-refractivity contribution in [3.8, 4) is 0 Å². The number of nitrogens with one attached hydrogen (secondary N) is 1. The first kappa shape index (κ1) is 14.2. The van der Waals surface area contributed by atoms with Crippen molar-refractivity contribution < 1.29 is 4.74 Å². The Hall–Kier alpha value is 0.270. The molecule has 1 N–H and O–H groups in total. The average Bonchev–Trinajstić information content (AvgIpc) is 3.06. The molecule has 0 aromatic carbocycles. The van der Waals surface area contributed by atoms with Crippen molar-refractivity contribution >= 4 is 11.8 Å². The van der Waals surface area contributed by atoms with Crippen LogP contribution in [0.4, 0.5) is 0 Å². The van der Waals surface area contributed by atoms with Gasteiger partial charge >= 0.3 is 0 Å². The maximum Gasteiger partial charge on any atom is 0.0783 e. The fourth-order valence-corrected chi connectivity index (χ4v) is 5.94. The lowest BCUT2D eigenvalue weighted by Crippen LogP contribution is -2.43. The zero-order valence-electron chi connectivity index (χ0n) is 12.3. The summed E-state index contributed by atoms with van der Waals surface area (Å²) in [5.74, 6) is 5.44. The lowest BCUT2D eigenvalue weighted by Gasteiger charge is -2.41. The van der Waals surface area contributed by atoms with Gasteiger partial charge in [0.05, 0.1) is 5.60 Å². The van der Waals surface area contributed by atoms with Gasteiger partial charge in [0.1, 0.15) is 0 Å². The van der Waals surface area contributed by atoms with Crippen LogP contribution >= 0.6 is 11.8 Å². The van der Waals surface area contributed by atoms with E-state index in [-0.39, 0.29) is 5.60 Å². The molecule has 2 nitrogen and oxygen atoms in total. The summed E-state index contributed by atoms with van der Waals surface area (Å²) in [6, 6.07) is 0. The van der Waals surface area contributed by atoms with Crippen LogP contribution in [0.15, 0.2) is 0 Å². The number of hydrogen-bond acceptors (Lipinski definition) is 3. The minimum absolute atomic E-state index is 0.277. The molecule has 2 heterocycles. The Kier molecular flexibility index (Phi) is 4.76. The van der Waals surface area contributed by atoms with E-state index in [9.17, 15) is 0 Å². The van der Waals surface area contributed by atoms with Crippen LogP contribution in [0.3, 0.4) is 0 Å². The molecule has 0 amide bonds. The zero-order valence-corrected chi connectivity index (χ0v) is 13.1. The second-order valence-electron chi connectivity index (χ2n) is 6.75. The van der Waals surface area contributed by atoms with E-state index < -0.39 is 0 Å². The van der Waals surface area contributed by atoms with Crippen LogP contribution in [0.1, 0.15) is 45.4 Å². The largest absolute Gasteiger partial charge is 0.374 e. The number of thioether (sulfide) groups is 1. The van der Waals surface area contributed by atoms with Gasteiger partial charge < -0.3 is 10.1 Å². The van der Waals surface area contributed by atoms with Crippen LogP contribution in [0.25, 0.3) is 0 Å². The summed E-state index contributed by atoms with van der Waals surface area (Å²) in [6.45, 7) is 5.62. The quantitative estimate of drug-likeness (QED) is 0.855. The maximum atomic E-state index is 6.20. The molecule has 3 heteroatoms. The fourth-order valence-electron chi connectivity index (χ4n) is 4.56. The second-order valence-corrected chi connectivity index (χ2v) is 7.85. The third-order valence-electron chi connectivity index (χ3n) is 5.58. The molecule has 19 heavy (non-hydrogen) atoms. The highest BCUT2D eigenvalue weighted by Gasteiger charge is 2.44. The number of hydrogen-bond donors (Lipinski definition) is 1. The molecule has 3 rings (SSSR count). The molecule has 0 bridgehead atoms. The highest BCUT2D eigenvalue weighted by atomic mass is 32.2. The third-order valence-corrected chi connectivity index (χ3v) is 6.80. The standard InChI is InChI=1S/C16H29NOS/c1-2-17-11-14-4-3-5-15(14)13-6-8-18-16(10-13)7-9-19-12-16/h13-15,17H,2-12H2,1H3. The summed E-state index contributed by atoms with van der Waals surface area (Å²) in [7, 11) is 0.